The first-order valence-corrected chi connectivity index (χ1v) is 17.2. The number of hydrogen-bond acceptors (Lipinski definition) is 5. The molecule has 4 rings (SSSR count). The van der Waals surface area contributed by atoms with Crippen molar-refractivity contribution in [1.29, 1.82) is 0 Å². The Morgan fingerprint density at radius 2 is 1.31 bits per heavy atom. The van der Waals surface area contributed by atoms with E-state index in [0.717, 1.165) is 22.2 Å². The summed E-state index contributed by atoms with van der Waals surface area (Å²) in [6, 6.07) is 26.3. The molecule has 48 heavy (non-hydrogen) atoms. The molecule has 0 fully saturated rings. The highest BCUT2D eigenvalue weighted by molar-refractivity contribution is 5.89. The second kappa shape index (κ2) is 18.2. The van der Waals surface area contributed by atoms with Gasteiger partial charge in [-0.3, -0.25) is 14.4 Å². The van der Waals surface area contributed by atoms with Gasteiger partial charge in [0.15, 0.2) is 0 Å². The number of nitrogens with zero attached hydrogens (tertiary/aromatic N) is 1. The van der Waals surface area contributed by atoms with Crippen molar-refractivity contribution in [3.8, 4) is 0 Å². The third-order valence-electron chi connectivity index (χ3n) is 8.85. The molecule has 0 aliphatic rings. The van der Waals surface area contributed by atoms with Gasteiger partial charge in [-0.05, 0) is 60.8 Å². The number of amides is 3. The lowest BCUT2D eigenvalue weighted by Gasteiger charge is -2.28. The highest BCUT2D eigenvalue weighted by Gasteiger charge is 2.32. The second-order valence-electron chi connectivity index (χ2n) is 13.3. The Balaban J connectivity index is 1.47. The van der Waals surface area contributed by atoms with Gasteiger partial charge in [-0.2, -0.15) is 0 Å². The molecular weight excluding hydrogens is 602 g/mol. The number of aromatic amines is 1. The number of aromatic nitrogens is 2. The van der Waals surface area contributed by atoms with Gasteiger partial charge in [-0.25, -0.2) is 4.98 Å². The fourth-order valence-corrected chi connectivity index (χ4v) is 5.91. The van der Waals surface area contributed by atoms with Crippen LogP contribution in [0.5, 0.6) is 0 Å². The van der Waals surface area contributed by atoms with Gasteiger partial charge in [0, 0.05) is 18.4 Å². The van der Waals surface area contributed by atoms with E-state index in [1.54, 1.807) is 0 Å². The minimum atomic E-state index is -0.910. The van der Waals surface area contributed by atoms with Crippen LogP contribution in [0, 0.1) is 23.7 Å². The molecule has 0 radical (unpaired) electrons. The fourth-order valence-electron chi connectivity index (χ4n) is 5.91. The van der Waals surface area contributed by atoms with Crippen molar-refractivity contribution in [3.63, 3.8) is 0 Å². The van der Waals surface area contributed by atoms with E-state index in [-0.39, 0.29) is 43.0 Å². The van der Waals surface area contributed by atoms with E-state index in [2.05, 4.69) is 25.9 Å². The number of fused-ring (bicyclic) bond motifs is 1. The summed E-state index contributed by atoms with van der Waals surface area (Å²) in [4.78, 5) is 48.6. The summed E-state index contributed by atoms with van der Waals surface area (Å²) < 4.78 is 0. The molecule has 0 saturated carbocycles. The molecule has 1 heterocycles. The van der Waals surface area contributed by atoms with Crippen LogP contribution in [0.15, 0.2) is 84.9 Å². The van der Waals surface area contributed by atoms with Crippen LogP contribution in [-0.4, -0.2) is 51.5 Å². The first-order chi connectivity index (χ1) is 23.1. The van der Waals surface area contributed by atoms with Crippen LogP contribution in [0.4, 0.5) is 0 Å². The normalized spacial score (nSPS) is 14.5. The number of benzene rings is 3. The molecule has 5 N–H and O–H groups in total. The smallest absolute Gasteiger partial charge is 0.243 e. The molecule has 3 aromatic carbocycles. The van der Waals surface area contributed by atoms with Gasteiger partial charge in [0.2, 0.25) is 17.7 Å². The van der Waals surface area contributed by atoms with Crippen LogP contribution in [0.25, 0.3) is 11.0 Å². The van der Waals surface area contributed by atoms with Crippen molar-refractivity contribution in [2.75, 3.05) is 6.54 Å². The largest absolute Gasteiger partial charge is 0.393 e. The number of aliphatic hydroxyl groups is 1. The second-order valence-corrected chi connectivity index (χ2v) is 13.3. The van der Waals surface area contributed by atoms with Crippen LogP contribution in [0.1, 0.15) is 63.9 Å². The lowest BCUT2D eigenvalue weighted by Crippen LogP contribution is -2.52. The summed E-state index contributed by atoms with van der Waals surface area (Å²) in [5, 5.41) is 20.5. The number of carbonyl (C=O) groups is 3. The molecule has 1 aromatic heterocycles. The van der Waals surface area contributed by atoms with Gasteiger partial charge in [0.05, 0.1) is 23.7 Å². The van der Waals surface area contributed by atoms with Crippen LogP contribution in [0.3, 0.4) is 0 Å². The van der Waals surface area contributed by atoms with Gasteiger partial charge in [-0.15, -0.1) is 0 Å². The van der Waals surface area contributed by atoms with E-state index in [1.807, 2.05) is 113 Å². The predicted molar refractivity (Wildman–Crippen MR) is 190 cm³/mol. The summed E-state index contributed by atoms with van der Waals surface area (Å²) in [5.74, 6) is -0.976. The van der Waals surface area contributed by atoms with Crippen molar-refractivity contribution in [2.45, 2.75) is 78.5 Å². The number of H-pyrrole nitrogens is 1. The van der Waals surface area contributed by atoms with Crippen molar-refractivity contribution in [1.82, 2.24) is 25.9 Å². The minimum Gasteiger partial charge on any atom is -0.393 e. The third kappa shape index (κ3) is 11.0. The Kier molecular flexibility index (Phi) is 13.7. The lowest BCUT2D eigenvalue weighted by atomic mass is 9.86. The van der Waals surface area contributed by atoms with Crippen LogP contribution in [-0.2, 0) is 33.8 Å². The Morgan fingerprint density at radius 1 is 0.750 bits per heavy atom. The molecule has 4 aromatic rings. The predicted octanol–water partition coefficient (Wildman–Crippen LogP) is 5.34. The summed E-state index contributed by atoms with van der Waals surface area (Å²) in [7, 11) is 0. The summed E-state index contributed by atoms with van der Waals surface area (Å²) in [6.45, 7) is 8.76. The molecule has 0 saturated heterocycles. The maximum Gasteiger partial charge on any atom is 0.243 e. The monoisotopic (exact) mass is 653 g/mol. The number of nitrogens with one attached hydrogen (secondary N) is 4. The van der Waals surface area contributed by atoms with Gasteiger partial charge >= 0.3 is 0 Å². The lowest BCUT2D eigenvalue weighted by molar-refractivity contribution is -0.133. The van der Waals surface area contributed by atoms with E-state index >= 15 is 0 Å². The Labute approximate surface area is 284 Å². The number of para-hydroxylation sites is 2. The van der Waals surface area contributed by atoms with Crippen molar-refractivity contribution < 1.29 is 19.5 Å². The van der Waals surface area contributed by atoms with E-state index in [4.69, 9.17) is 0 Å². The number of aliphatic hydroxyl groups excluding tert-OH is 1. The molecule has 0 aliphatic heterocycles. The quantitative estimate of drug-likeness (QED) is 0.0988. The van der Waals surface area contributed by atoms with Crippen LogP contribution >= 0.6 is 0 Å². The first kappa shape index (κ1) is 36.3. The van der Waals surface area contributed by atoms with E-state index in [1.165, 1.54) is 0 Å². The van der Waals surface area contributed by atoms with Crippen LogP contribution < -0.4 is 16.0 Å². The van der Waals surface area contributed by atoms with Crippen molar-refractivity contribution in [3.05, 3.63) is 102 Å². The van der Waals surface area contributed by atoms with Gasteiger partial charge < -0.3 is 26.0 Å². The molecule has 0 bridgehead atoms. The zero-order chi connectivity index (χ0) is 34.5. The Morgan fingerprint density at radius 3 is 1.88 bits per heavy atom. The van der Waals surface area contributed by atoms with Gasteiger partial charge in [0.25, 0.3) is 0 Å². The zero-order valence-corrected chi connectivity index (χ0v) is 28.6. The average Bonchev–Trinajstić information content (AvgIpc) is 3.51. The Bertz CT molecular complexity index is 1560. The maximum absolute atomic E-state index is 14.0. The summed E-state index contributed by atoms with van der Waals surface area (Å²) in [5.41, 5.74) is 3.67. The van der Waals surface area contributed by atoms with E-state index in [0.29, 0.717) is 37.5 Å². The number of hydrogen-bond donors (Lipinski definition) is 5. The maximum atomic E-state index is 14.0. The molecule has 0 aliphatic carbocycles. The summed E-state index contributed by atoms with van der Waals surface area (Å²) >= 11 is 0. The van der Waals surface area contributed by atoms with Crippen molar-refractivity contribution in [2.24, 2.45) is 23.7 Å². The molecule has 0 spiro atoms. The SMILES string of the molecule is CC[C@H](C)[C@H](NC(=O)[C@H](Cc1ccccc1)CC(O)C[C@@H](Cc1ccccc1)C(=O)NCC(C)C)C(=O)NCc1nc2ccccc2[nH]1. The molecule has 5 atom stereocenters. The Hall–Kier alpha value is -4.50. The first-order valence-electron chi connectivity index (χ1n) is 17.2. The van der Waals surface area contributed by atoms with Crippen molar-refractivity contribution >= 4 is 28.8 Å². The van der Waals surface area contributed by atoms with Gasteiger partial charge in [0.1, 0.15) is 11.9 Å². The minimum absolute atomic E-state index is 0.103. The number of carbonyl (C=O) groups excluding carboxylic acids is 3. The van der Waals surface area contributed by atoms with E-state index in [9.17, 15) is 19.5 Å². The average molecular weight is 654 g/mol. The number of rotatable bonds is 18. The molecular formula is C39H51N5O4. The van der Waals surface area contributed by atoms with Gasteiger partial charge in [-0.1, -0.05) is 107 Å². The molecule has 1 unspecified atom stereocenters. The molecule has 3 amide bonds. The molecule has 9 nitrogen and oxygen atoms in total. The standard InChI is InChI=1S/C39H51N5O4/c1-5-27(4)36(39(48)41-25-35-42-33-18-12-13-19-34(33)43-35)44-38(47)31(21-29-16-10-7-11-17-29)23-32(45)22-30(37(46)40-24-26(2)3)20-28-14-8-6-9-15-28/h6-19,26-27,30-32,36,45H,5,20-25H2,1-4H3,(H,40,46)(H,41,48)(H,42,43)(H,44,47)/t27-,30+,31+,32?,36-/m0/s1. The molecule has 256 valence electrons. The topological polar surface area (TPSA) is 136 Å². The van der Waals surface area contributed by atoms with Crippen LogP contribution in [0.2, 0.25) is 0 Å². The highest BCUT2D eigenvalue weighted by atomic mass is 16.3. The zero-order valence-electron chi connectivity index (χ0n) is 28.6. The highest BCUT2D eigenvalue weighted by Crippen LogP contribution is 2.23. The number of imidazole rings is 1. The molecule has 9 heteroatoms. The summed E-state index contributed by atoms with van der Waals surface area (Å²) in [6.07, 6.45) is 1.01. The third-order valence-corrected chi connectivity index (χ3v) is 8.85. The van der Waals surface area contributed by atoms with E-state index < -0.39 is 24.0 Å². The fraction of sp³-hybridized carbons (Fsp3) is 0.436.